The largest absolute Gasteiger partial charge is 0.334 e. The van der Waals surface area contributed by atoms with E-state index < -0.39 is 0 Å². The van der Waals surface area contributed by atoms with Gasteiger partial charge in [-0.25, -0.2) is 14.3 Å². The summed E-state index contributed by atoms with van der Waals surface area (Å²) in [5.74, 6) is 0.648. The van der Waals surface area contributed by atoms with E-state index in [9.17, 15) is 4.79 Å². The van der Waals surface area contributed by atoms with E-state index in [2.05, 4.69) is 4.98 Å². The maximum Gasteiger partial charge on any atom is 0.334 e. The molecule has 2 aromatic heterocycles. The highest BCUT2D eigenvalue weighted by Crippen LogP contribution is 2.14. The van der Waals surface area contributed by atoms with Gasteiger partial charge in [0.05, 0.1) is 11.0 Å². The Morgan fingerprint density at radius 3 is 2.41 bits per heavy atom. The Labute approximate surface area is 97.8 Å². The molecule has 17 heavy (non-hydrogen) atoms. The molecule has 0 aliphatic carbocycles. The Morgan fingerprint density at radius 1 is 1.00 bits per heavy atom. The van der Waals surface area contributed by atoms with E-state index in [1.165, 1.54) is 0 Å². The van der Waals surface area contributed by atoms with Crippen molar-refractivity contribution in [1.82, 2.24) is 14.1 Å². The van der Waals surface area contributed by atoms with E-state index in [0.29, 0.717) is 5.82 Å². The molecule has 4 heteroatoms. The highest BCUT2D eigenvalue weighted by molar-refractivity contribution is 5.77. The lowest BCUT2D eigenvalue weighted by Crippen LogP contribution is -2.21. The van der Waals surface area contributed by atoms with Crippen LogP contribution < -0.4 is 5.69 Å². The molecule has 0 aliphatic heterocycles. The van der Waals surface area contributed by atoms with Gasteiger partial charge in [0.2, 0.25) is 0 Å². The summed E-state index contributed by atoms with van der Waals surface area (Å²) in [7, 11) is 1.77. The van der Waals surface area contributed by atoms with Crippen molar-refractivity contribution in [3.8, 4) is 5.82 Å². The molecule has 0 unspecified atom stereocenters. The number of pyridine rings is 1. The highest BCUT2D eigenvalue weighted by Gasteiger charge is 2.11. The van der Waals surface area contributed by atoms with E-state index in [4.69, 9.17) is 0 Å². The Morgan fingerprint density at radius 2 is 1.71 bits per heavy atom. The fourth-order valence-electron chi connectivity index (χ4n) is 2.00. The molecule has 0 radical (unpaired) electrons. The van der Waals surface area contributed by atoms with Crippen LogP contribution in [0.3, 0.4) is 0 Å². The van der Waals surface area contributed by atoms with Gasteiger partial charge in [-0.05, 0) is 24.3 Å². The summed E-state index contributed by atoms with van der Waals surface area (Å²) in [5.41, 5.74) is 1.70. The van der Waals surface area contributed by atoms with Crippen LogP contribution in [0.25, 0.3) is 16.9 Å². The van der Waals surface area contributed by atoms with Crippen molar-refractivity contribution in [1.29, 1.82) is 0 Å². The lowest BCUT2D eigenvalue weighted by atomic mass is 10.3. The molecule has 0 saturated heterocycles. The second-order valence-corrected chi connectivity index (χ2v) is 3.85. The normalized spacial score (nSPS) is 10.9. The average molecular weight is 225 g/mol. The first-order valence-corrected chi connectivity index (χ1v) is 5.37. The van der Waals surface area contributed by atoms with Crippen LogP contribution in [0, 0.1) is 0 Å². The number of rotatable bonds is 1. The fourth-order valence-corrected chi connectivity index (χ4v) is 2.00. The Balaban J connectivity index is 2.45. The average Bonchev–Trinajstić information content (AvgIpc) is 2.64. The first-order valence-electron chi connectivity index (χ1n) is 5.37. The highest BCUT2D eigenvalue weighted by atomic mass is 16.1. The molecule has 0 atom stereocenters. The maximum atomic E-state index is 12.2. The minimum absolute atomic E-state index is 0.0788. The molecule has 2 heterocycles. The van der Waals surface area contributed by atoms with Gasteiger partial charge in [0.15, 0.2) is 0 Å². The first kappa shape index (κ1) is 9.84. The summed E-state index contributed by atoms with van der Waals surface area (Å²) in [6.07, 6.45) is 1.68. The number of benzene rings is 1. The number of nitrogens with zero attached hydrogens (tertiary/aromatic N) is 3. The smallest absolute Gasteiger partial charge is 0.295 e. The molecule has 0 saturated carbocycles. The van der Waals surface area contributed by atoms with Crippen molar-refractivity contribution in [2.75, 3.05) is 0 Å². The molecule has 4 nitrogen and oxygen atoms in total. The third-order valence-corrected chi connectivity index (χ3v) is 2.84. The Hall–Kier alpha value is -2.36. The maximum absolute atomic E-state index is 12.2. The molecule has 84 valence electrons. The molecular formula is C13H11N3O. The Bertz CT molecular complexity index is 725. The summed E-state index contributed by atoms with van der Waals surface area (Å²) in [4.78, 5) is 16.4. The minimum Gasteiger partial charge on any atom is -0.295 e. The SMILES string of the molecule is Cn1c(=O)n(-c2ccccn2)c2ccccc21. The summed E-state index contributed by atoms with van der Waals surface area (Å²) in [6, 6.07) is 13.2. The lowest BCUT2D eigenvalue weighted by Gasteiger charge is -2.00. The third kappa shape index (κ3) is 1.38. The minimum atomic E-state index is -0.0788. The molecule has 0 N–H and O–H groups in total. The third-order valence-electron chi connectivity index (χ3n) is 2.84. The topological polar surface area (TPSA) is 39.8 Å². The molecule has 0 aliphatic rings. The molecule has 1 aromatic carbocycles. The summed E-state index contributed by atoms with van der Waals surface area (Å²) in [5, 5.41) is 0. The van der Waals surface area contributed by atoms with Gasteiger partial charge in [-0.2, -0.15) is 0 Å². The van der Waals surface area contributed by atoms with Gasteiger partial charge in [-0.15, -0.1) is 0 Å². The van der Waals surface area contributed by atoms with Crippen molar-refractivity contribution in [3.05, 3.63) is 59.1 Å². The number of aryl methyl sites for hydroxylation is 1. The number of hydrogen-bond donors (Lipinski definition) is 0. The van der Waals surface area contributed by atoms with Crippen LogP contribution >= 0.6 is 0 Å². The standard InChI is InChI=1S/C13H11N3O/c1-15-10-6-2-3-7-11(10)16(13(15)17)12-8-4-5-9-14-12/h2-9H,1H3. The molecule has 0 bridgehead atoms. The molecule has 3 aromatic rings. The van der Waals surface area contributed by atoms with Crippen LogP contribution in [0.15, 0.2) is 53.5 Å². The number of aromatic nitrogens is 3. The monoisotopic (exact) mass is 225 g/mol. The van der Waals surface area contributed by atoms with Crippen molar-refractivity contribution in [3.63, 3.8) is 0 Å². The van der Waals surface area contributed by atoms with E-state index in [1.54, 1.807) is 22.4 Å². The van der Waals surface area contributed by atoms with Crippen molar-refractivity contribution in [2.45, 2.75) is 0 Å². The lowest BCUT2D eigenvalue weighted by molar-refractivity contribution is 0.834. The van der Waals surface area contributed by atoms with Crippen LogP contribution in [-0.2, 0) is 7.05 Å². The number of para-hydroxylation sites is 2. The van der Waals surface area contributed by atoms with E-state index in [1.807, 2.05) is 42.5 Å². The Kier molecular flexibility index (Phi) is 2.08. The molecule has 0 spiro atoms. The second-order valence-electron chi connectivity index (χ2n) is 3.85. The van der Waals surface area contributed by atoms with Crippen molar-refractivity contribution < 1.29 is 0 Å². The molecule has 0 fully saturated rings. The summed E-state index contributed by atoms with van der Waals surface area (Å²) < 4.78 is 3.25. The summed E-state index contributed by atoms with van der Waals surface area (Å²) >= 11 is 0. The van der Waals surface area contributed by atoms with Gasteiger partial charge >= 0.3 is 5.69 Å². The molecule has 0 amide bonds. The zero-order chi connectivity index (χ0) is 11.8. The van der Waals surface area contributed by atoms with Crippen molar-refractivity contribution in [2.24, 2.45) is 7.05 Å². The van der Waals surface area contributed by atoms with Gasteiger partial charge < -0.3 is 0 Å². The number of imidazole rings is 1. The predicted octanol–water partition coefficient (Wildman–Crippen LogP) is 1.72. The zero-order valence-electron chi connectivity index (χ0n) is 9.37. The van der Waals surface area contributed by atoms with Crippen LogP contribution in [0.5, 0.6) is 0 Å². The zero-order valence-corrected chi connectivity index (χ0v) is 9.37. The van der Waals surface area contributed by atoms with Crippen molar-refractivity contribution >= 4 is 11.0 Å². The van der Waals surface area contributed by atoms with E-state index in [0.717, 1.165) is 11.0 Å². The molecular weight excluding hydrogens is 214 g/mol. The van der Waals surface area contributed by atoms with E-state index in [-0.39, 0.29) is 5.69 Å². The van der Waals surface area contributed by atoms with Crippen LogP contribution in [-0.4, -0.2) is 14.1 Å². The van der Waals surface area contributed by atoms with Gasteiger partial charge in [0.1, 0.15) is 5.82 Å². The first-order chi connectivity index (χ1) is 8.29. The van der Waals surface area contributed by atoms with Gasteiger partial charge in [-0.1, -0.05) is 18.2 Å². The van der Waals surface area contributed by atoms with Gasteiger partial charge in [0.25, 0.3) is 0 Å². The quantitative estimate of drug-likeness (QED) is 0.632. The van der Waals surface area contributed by atoms with E-state index >= 15 is 0 Å². The number of hydrogen-bond acceptors (Lipinski definition) is 2. The van der Waals surface area contributed by atoms with Gasteiger partial charge in [0, 0.05) is 13.2 Å². The number of fused-ring (bicyclic) bond motifs is 1. The van der Waals surface area contributed by atoms with Crippen LogP contribution in [0.2, 0.25) is 0 Å². The van der Waals surface area contributed by atoms with Crippen LogP contribution in [0.4, 0.5) is 0 Å². The predicted molar refractivity (Wildman–Crippen MR) is 66.3 cm³/mol. The second kappa shape index (κ2) is 3.59. The van der Waals surface area contributed by atoms with Gasteiger partial charge in [-0.3, -0.25) is 4.57 Å². The van der Waals surface area contributed by atoms with Crippen LogP contribution in [0.1, 0.15) is 0 Å². The summed E-state index contributed by atoms with van der Waals surface area (Å²) in [6.45, 7) is 0. The molecule has 3 rings (SSSR count). The fraction of sp³-hybridized carbons (Fsp3) is 0.0769.